The summed E-state index contributed by atoms with van der Waals surface area (Å²) in [4.78, 5) is 24.3. The van der Waals surface area contributed by atoms with Crippen LogP contribution in [0.25, 0.3) is 0 Å². The second kappa shape index (κ2) is 8.58. The van der Waals surface area contributed by atoms with E-state index in [0.29, 0.717) is 18.0 Å². The van der Waals surface area contributed by atoms with Crippen LogP contribution in [0, 0.1) is 5.92 Å². The molecule has 142 valence electrons. The highest BCUT2D eigenvalue weighted by atomic mass is 16.5. The Kier molecular flexibility index (Phi) is 5.96. The van der Waals surface area contributed by atoms with Crippen molar-refractivity contribution in [2.75, 3.05) is 22.6 Å². The van der Waals surface area contributed by atoms with Gasteiger partial charge in [-0.15, -0.1) is 0 Å². The molecule has 1 aliphatic carbocycles. The fraction of sp³-hybridized carbons (Fsp3) is 0.333. The van der Waals surface area contributed by atoms with Gasteiger partial charge in [-0.1, -0.05) is 12.1 Å². The lowest BCUT2D eigenvalue weighted by Crippen LogP contribution is -2.32. The van der Waals surface area contributed by atoms with Crippen molar-refractivity contribution in [2.24, 2.45) is 5.92 Å². The van der Waals surface area contributed by atoms with Gasteiger partial charge in [0.15, 0.2) is 0 Å². The van der Waals surface area contributed by atoms with Gasteiger partial charge in [-0.3, -0.25) is 9.59 Å². The van der Waals surface area contributed by atoms with Crippen LogP contribution in [0.5, 0.6) is 5.75 Å². The summed E-state index contributed by atoms with van der Waals surface area (Å²) in [5.74, 6) is 0.743. The predicted molar refractivity (Wildman–Crippen MR) is 107 cm³/mol. The standard InChI is InChI=1S/C21H25N3O3/c1-3-27-19-7-5-4-6-18(19)24-20(25)14(2)22-16-10-12-17(13-11-16)23-21(26)15-8-9-15/h4-7,10-15,22H,3,8-9H2,1-2H3,(H,23,26)(H,24,25). The first kappa shape index (κ1) is 18.8. The van der Waals surface area contributed by atoms with Crippen molar-refractivity contribution in [3.63, 3.8) is 0 Å². The zero-order chi connectivity index (χ0) is 19.2. The molecule has 2 aromatic carbocycles. The van der Waals surface area contributed by atoms with Crippen molar-refractivity contribution in [3.05, 3.63) is 48.5 Å². The summed E-state index contributed by atoms with van der Waals surface area (Å²) in [6.45, 7) is 4.23. The molecule has 0 aromatic heterocycles. The van der Waals surface area contributed by atoms with E-state index in [1.807, 2.05) is 55.5 Å². The lowest BCUT2D eigenvalue weighted by atomic mass is 10.2. The number of hydrogen-bond acceptors (Lipinski definition) is 4. The molecule has 0 aliphatic heterocycles. The minimum Gasteiger partial charge on any atom is -0.492 e. The van der Waals surface area contributed by atoms with Crippen LogP contribution in [0.4, 0.5) is 17.1 Å². The molecule has 3 rings (SSSR count). The number of ether oxygens (including phenoxy) is 1. The average molecular weight is 367 g/mol. The summed E-state index contributed by atoms with van der Waals surface area (Å²) in [6.07, 6.45) is 1.95. The zero-order valence-corrected chi connectivity index (χ0v) is 15.6. The van der Waals surface area contributed by atoms with Crippen molar-refractivity contribution < 1.29 is 14.3 Å². The summed E-state index contributed by atoms with van der Waals surface area (Å²) >= 11 is 0. The maximum absolute atomic E-state index is 12.5. The molecular formula is C21H25N3O3. The molecule has 6 heteroatoms. The first-order chi connectivity index (χ1) is 13.1. The van der Waals surface area contributed by atoms with E-state index in [0.717, 1.165) is 24.2 Å². The molecule has 0 heterocycles. The Hall–Kier alpha value is -3.02. The quantitative estimate of drug-likeness (QED) is 0.662. The van der Waals surface area contributed by atoms with Gasteiger partial charge in [-0.25, -0.2) is 0 Å². The average Bonchev–Trinajstić information content (AvgIpc) is 3.50. The van der Waals surface area contributed by atoms with E-state index in [4.69, 9.17) is 4.74 Å². The summed E-state index contributed by atoms with van der Waals surface area (Å²) in [7, 11) is 0. The fourth-order valence-corrected chi connectivity index (χ4v) is 2.65. The second-order valence-electron chi connectivity index (χ2n) is 6.63. The summed E-state index contributed by atoms with van der Waals surface area (Å²) < 4.78 is 5.53. The monoisotopic (exact) mass is 367 g/mol. The lowest BCUT2D eigenvalue weighted by Gasteiger charge is -2.17. The third kappa shape index (κ3) is 5.23. The first-order valence-corrected chi connectivity index (χ1v) is 9.27. The van der Waals surface area contributed by atoms with Crippen molar-refractivity contribution in [1.82, 2.24) is 0 Å². The van der Waals surface area contributed by atoms with Crippen LogP contribution in [-0.4, -0.2) is 24.5 Å². The predicted octanol–water partition coefficient (Wildman–Crippen LogP) is 3.87. The van der Waals surface area contributed by atoms with Crippen LogP contribution in [0.1, 0.15) is 26.7 Å². The number of carbonyl (C=O) groups excluding carboxylic acids is 2. The highest BCUT2D eigenvalue weighted by Crippen LogP contribution is 2.30. The molecule has 1 unspecified atom stereocenters. The number of amides is 2. The molecule has 2 amide bonds. The van der Waals surface area contributed by atoms with E-state index in [9.17, 15) is 9.59 Å². The molecule has 1 fully saturated rings. The Labute approximate surface area is 159 Å². The van der Waals surface area contributed by atoms with Gasteiger partial charge in [-0.05, 0) is 63.1 Å². The van der Waals surface area contributed by atoms with Gasteiger partial charge in [0, 0.05) is 17.3 Å². The highest BCUT2D eigenvalue weighted by molar-refractivity contribution is 5.97. The summed E-state index contributed by atoms with van der Waals surface area (Å²) in [5, 5.41) is 8.95. The highest BCUT2D eigenvalue weighted by Gasteiger charge is 2.29. The summed E-state index contributed by atoms with van der Waals surface area (Å²) in [5.41, 5.74) is 2.22. The number of hydrogen-bond donors (Lipinski definition) is 3. The number of nitrogens with one attached hydrogen (secondary N) is 3. The van der Waals surface area contributed by atoms with E-state index in [-0.39, 0.29) is 17.7 Å². The van der Waals surface area contributed by atoms with Gasteiger partial charge in [0.05, 0.1) is 12.3 Å². The van der Waals surface area contributed by atoms with Gasteiger partial charge in [0.25, 0.3) is 0 Å². The van der Waals surface area contributed by atoms with Crippen LogP contribution in [0.3, 0.4) is 0 Å². The van der Waals surface area contributed by atoms with E-state index in [2.05, 4.69) is 16.0 Å². The van der Waals surface area contributed by atoms with Crippen molar-refractivity contribution in [2.45, 2.75) is 32.7 Å². The van der Waals surface area contributed by atoms with E-state index in [1.54, 1.807) is 6.92 Å². The van der Waals surface area contributed by atoms with Gasteiger partial charge in [0.2, 0.25) is 11.8 Å². The Morgan fingerprint density at radius 3 is 2.37 bits per heavy atom. The van der Waals surface area contributed by atoms with Crippen LogP contribution < -0.4 is 20.7 Å². The lowest BCUT2D eigenvalue weighted by molar-refractivity contribution is -0.117. The van der Waals surface area contributed by atoms with Gasteiger partial charge in [-0.2, -0.15) is 0 Å². The van der Waals surface area contributed by atoms with E-state index >= 15 is 0 Å². The minimum absolute atomic E-state index is 0.0800. The number of para-hydroxylation sites is 2. The normalized spacial score (nSPS) is 14.1. The maximum Gasteiger partial charge on any atom is 0.246 e. The molecule has 27 heavy (non-hydrogen) atoms. The van der Waals surface area contributed by atoms with E-state index < -0.39 is 6.04 Å². The molecule has 3 N–H and O–H groups in total. The van der Waals surface area contributed by atoms with Gasteiger partial charge in [0.1, 0.15) is 11.8 Å². The Morgan fingerprint density at radius 2 is 1.70 bits per heavy atom. The Bertz CT molecular complexity index is 801. The topological polar surface area (TPSA) is 79.5 Å². The minimum atomic E-state index is -0.438. The SMILES string of the molecule is CCOc1ccccc1NC(=O)C(C)Nc1ccc(NC(=O)C2CC2)cc1. The largest absolute Gasteiger partial charge is 0.492 e. The van der Waals surface area contributed by atoms with Crippen LogP contribution >= 0.6 is 0 Å². The zero-order valence-electron chi connectivity index (χ0n) is 15.6. The molecular weight excluding hydrogens is 342 g/mol. The Balaban J connectivity index is 1.55. The smallest absolute Gasteiger partial charge is 0.246 e. The van der Waals surface area contributed by atoms with Crippen molar-refractivity contribution >= 4 is 28.9 Å². The second-order valence-corrected chi connectivity index (χ2v) is 6.63. The molecule has 1 aliphatic rings. The molecule has 2 aromatic rings. The number of carbonyl (C=O) groups is 2. The molecule has 0 radical (unpaired) electrons. The number of rotatable bonds is 8. The van der Waals surface area contributed by atoms with Crippen molar-refractivity contribution in [1.29, 1.82) is 0 Å². The molecule has 1 saturated carbocycles. The van der Waals surface area contributed by atoms with Crippen LogP contribution in [0.15, 0.2) is 48.5 Å². The third-order valence-corrected chi connectivity index (χ3v) is 4.32. The summed E-state index contributed by atoms with van der Waals surface area (Å²) in [6, 6.07) is 14.3. The number of benzene rings is 2. The molecule has 6 nitrogen and oxygen atoms in total. The van der Waals surface area contributed by atoms with Gasteiger partial charge >= 0.3 is 0 Å². The Morgan fingerprint density at radius 1 is 1.04 bits per heavy atom. The maximum atomic E-state index is 12.5. The van der Waals surface area contributed by atoms with Crippen LogP contribution in [0.2, 0.25) is 0 Å². The first-order valence-electron chi connectivity index (χ1n) is 9.27. The van der Waals surface area contributed by atoms with Crippen molar-refractivity contribution in [3.8, 4) is 5.75 Å². The molecule has 0 spiro atoms. The van der Waals surface area contributed by atoms with E-state index in [1.165, 1.54) is 0 Å². The molecule has 0 bridgehead atoms. The molecule has 1 atom stereocenters. The fourth-order valence-electron chi connectivity index (χ4n) is 2.65. The third-order valence-electron chi connectivity index (χ3n) is 4.32. The van der Waals surface area contributed by atoms with Crippen LogP contribution in [-0.2, 0) is 9.59 Å². The van der Waals surface area contributed by atoms with Gasteiger partial charge < -0.3 is 20.7 Å². The molecule has 0 saturated heterocycles. The number of anilines is 3.